The zero-order valence-corrected chi connectivity index (χ0v) is 6.17. The molecule has 2 nitrogen and oxygen atoms in total. The highest BCUT2D eigenvalue weighted by atomic mass is 19.1. The molecular formula is C7H7BFNO. The lowest BCUT2D eigenvalue weighted by molar-refractivity contribution is 0.617. The molecule has 0 radical (unpaired) electrons. The lowest BCUT2D eigenvalue weighted by atomic mass is 9.96. The van der Waals surface area contributed by atoms with E-state index >= 15 is 0 Å². The molecule has 4 heteroatoms. The third kappa shape index (κ3) is 1.64. The predicted octanol–water partition coefficient (Wildman–Crippen LogP) is 1.36. The van der Waals surface area contributed by atoms with E-state index in [-0.39, 0.29) is 11.5 Å². The Morgan fingerprint density at radius 2 is 2.27 bits per heavy atom. The maximum absolute atomic E-state index is 12.8. The summed E-state index contributed by atoms with van der Waals surface area (Å²) in [5.41, 5.74) is 0.747. The minimum Gasteiger partial charge on any atom is -0.207 e. The molecule has 0 unspecified atom stereocenters. The molecular weight excluding hydrogens is 144 g/mol. The molecule has 0 saturated heterocycles. The Balaban J connectivity index is 3.09. The highest BCUT2D eigenvalue weighted by Gasteiger charge is 2.00. The summed E-state index contributed by atoms with van der Waals surface area (Å²) in [6, 6.07) is 4.23. The SMILES string of the molecule is BCc1ccc(N=O)cc1F. The van der Waals surface area contributed by atoms with Crippen LogP contribution in [0.1, 0.15) is 5.56 Å². The fraction of sp³-hybridized carbons (Fsp3) is 0.143. The van der Waals surface area contributed by atoms with Crippen molar-refractivity contribution >= 4 is 13.5 Å². The van der Waals surface area contributed by atoms with Crippen molar-refractivity contribution in [3.63, 3.8) is 0 Å². The van der Waals surface area contributed by atoms with E-state index in [1.165, 1.54) is 6.07 Å². The molecule has 0 atom stereocenters. The zero-order chi connectivity index (χ0) is 8.27. The number of benzene rings is 1. The second-order valence-corrected chi connectivity index (χ2v) is 2.22. The van der Waals surface area contributed by atoms with E-state index in [2.05, 4.69) is 5.18 Å². The molecule has 56 valence electrons. The van der Waals surface area contributed by atoms with E-state index in [1.807, 2.05) is 7.85 Å². The second kappa shape index (κ2) is 3.28. The van der Waals surface area contributed by atoms with Gasteiger partial charge in [-0.25, -0.2) is 4.39 Å². The number of nitroso groups, excluding NO2 is 1. The molecule has 0 amide bonds. The molecule has 1 aromatic rings. The number of rotatable bonds is 2. The highest BCUT2D eigenvalue weighted by Crippen LogP contribution is 2.16. The molecule has 0 heterocycles. The van der Waals surface area contributed by atoms with Crippen molar-refractivity contribution in [1.29, 1.82) is 0 Å². The second-order valence-electron chi connectivity index (χ2n) is 2.22. The summed E-state index contributed by atoms with van der Waals surface area (Å²) in [5.74, 6) is -0.357. The fourth-order valence-corrected chi connectivity index (χ4v) is 0.880. The molecule has 11 heavy (non-hydrogen) atoms. The standard InChI is InChI=1S/C7H7BFNO/c8-4-5-1-2-6(10-11)3-7(5)9/h1-3H,4,8H2. The van der Waals surface area contributed by atoms with Gasteiger partial charge in [-0.3, -0.25) is 0 Å². The van der Waals surface area contributed by atoms with Gasteiger partial charge in [0.2, 0.25) is 0 Å². The maximum Gasteiger partial charge on any atom is 0.127 e. The minimum atomic E-state index is -0.357. The number of hydrogen-bond donors (Lipinski definition) is 0. The Labute approximate surface area is 64.8 Å². The van der Waals surface area contributed by atoms with Crippen molar-refractivity contribution in [1.82, 2.24) is 0 Å². The summed E-state index contributed by atoms with van der Waals surface area (Å²) in [5, 5.41) is 2.62. The third-order valence-electron chi connectivity index (χ3n) is 1.52. The Bertz CT molecular complexity index is 277. The number of hydrogen-bond acceptors (Lipinski definition) is 2. The average molecular weight is 151 g/mol. The summed E-state index contributed by atoms with van der Waals surface area (Å²) in [6.07, 6.45) is 0.630. The van der Waals surface area contributed by atoms with Gasteiger partial charge in [0.05, 0.1) is 0 Å². The van der Waals surface area contributed by atoms with Crippen LogP contribution in [0.25, 0.3) is 0 Å². The monoisotopic (exact) mass is 151 g/mol. The van der Waals surface area contributed by atoms with E-state index in [0.717, 1.165) is 6.07 Å². The largest absolute Gasteiger partial charge is 0.207 e. The van der Waals surface area contributed by atoms with Gasteiger partial charge in [-0.1, -0.05) is 12.4 Å². The van der Waals surface area contributed by atoms with Gasteiger partial charge in [-0.2, -0.15) is 0 Å². The van der Waals surface area contributed by atoms with Crippen LogP contribution in [0.5, 0.6) is 0 Å². The third-order valence-corrected chi connectivity index (χ3v) is 1.52. The van der Waals surface area contributed by atoms with Gasteiger partial charge < -0.3 is 0 Å². The first kappa shape index (κ1) is 7.92. The van der Waals surface area contributed by atoms with E-state index < -0.39 is 0 Å². The van der Waals surface area contributed by atoms with Gasteiger partial charge in [-0.15, -0.1) is 4.91 Å². The van der Waals surface area contributed by atoms with Gasteiger partial charge in [0.15, 0.2) is 0 Å². The molecule has 0 N–H and O–H groups in total. The Hall–Kier alpha value is -1.19. The molecule has 0 aliphatic carbocycles. The topological polar surface area (TPSA) is 29.4 Å². The lowest BCUT2D eigenvalue weighted by Gasteiger charge is -1.97. The average Bonchev–Trinajstić information content (AvgIpc) is 2.04. The summed E-state index contributed by atoms with van der Waals surface area (Å²) in [7, 11) is 1.85. The van der Waals surface area contributed by atoms with Crippen LogP contribution in [0.2, 0.25) is 0 Å². The smallest absolute Gasteiger partial charge is 0.127 e. The molecule has 0 fully saturated rings. The predicted molar refractivity (Wildman–Crippen MR) is 44.1 cm³/mol. The molecule has 0 saturated carbocycles. The molecule has 0 bridgehead atoms. The molecule has 1 aromatic carbocycles. The van der Waals surface area contributed by atoms with Crippen LogP contribution >= 0.6 is 0 Å². The molecule has 0 spiro atoms. The van der Waals surface area contributed by atoms with Crippen LogP contribution in [-0.2, 0) is 6.32 Å². The van der Waals surface area contributed by atoms with Crippen LogP contribution in [0.4, 0.5) is 10.1 Å². The Morgan fingerprint density at radius 1 is 1.55 bits per heavy atom. The van der Waals surface area contributed by atoms with Crippen LogP contribution in [-0.4, -0.2) is 7.85 Å². The Morgan fingerprint density at radius 3 is 2.73 bits per heavy atom. The van der Waals surface area contributed by atoms with Gasteiger partial charge in [0.25, 0.3) is 0 Å². The van der Waals surface area contributed by atoms with Gasteiger partial charge in [0, 0.05) is 6.07 Å². The molecule has 1 rings (SSSR count). The number of nitrogens with zero attached hydrogens (tertiary/aromatic N) is 1. The number of halogens is 1. The minimum absolute atomic E-state index is 0.139. The summed E-state index contributed by atoms with van der Waals surface area (Å²) < 4.78 is 12.8. The fourth-order valence-electron chi connectivity index (χ4n) is 0.880. The van der Waals surface area contributed by atoms with Crippen molar-refractivity contribution in [3.8, 4) is 0 Å². The van der Waals surface area contributed by atoms with E-state index in [4.69, 9.17) is 0 Å². The van der Waals surface area contributed by atoms with Crippen LogP contribution in [0, 0.1) is 10.7 Å². The van der Waals surface area contributed by atoms with E-state index in [9.17, 15) is 9.30 Å². The maximum atomic E-state index is 12.8. The first-order valence-corrected chi connectivity index (χ1v) is 3.39. The summed E-state index contributed by atoms with van der Waals surface area (Å²) in [4.78, 5) is 9.94. The molecule has 0 aromatic heterocycles. The normalized spacial score (nSPS) is 9.55. The van der Waals surface area contributed by atoms with Crippen LogP contribution in [0.3, 0.4) is 0 Å². The summed E-state index contributed by atoms with van der Waals surface area (Å²) in [6.45, 7) is 0. The van der Waals surface area contributed by atoms with Gasteiger partial charge >= 0.3 is 0 Å². The van der Waals surface area contributed by atoms with Crippen molar-refractivity contribution in [2.45, 2.75) is 6.32 Å². The van der Waals surface area contributed by atoms with Crippen LogP contribution in [0.15, 0.2) is 23.4 Å². The van der Waals surface area contributed by atoms with Crippen molar-refractivity contribution in [2.24, 2.45) is 5.18 Å². The van der Waals surface area contributed by atoms with Gasteiger partial charge in [-0.05, 0) is 16.8 Å². The van der Waals surface area contributed by atoms with Crippen molar-refractivity contribution < 1.29 is 4.39 Å². The molecule has 0 aliphatic rings. The first-order chi connectivity index (χ1) is 5.27. The van der Waals surface area contributed by atoms with E-state index in [0.29, 0.717) is 11.9 Å². The summed E-state index contributed by atoms with van der Waals surface area (Å²) >= 11 is 0. The van der Waals surface area contributed by atoms with Crippen LogP contribution < -0.4 is 0 Å². The van der Waals surface area contributed by atoms with Crippen molar-refractivity contribution in [2.75, 3.05) is 0 Å². The Kier molecular flexibility index (Phi) is 2.36. The van der Waals surface area contributed by atoms with Crippen molar-refractivity contribution in [3.05, 3.63) is 34.5 Å². The van der Waals surface area contributed by atoms with Gasteiger partial charge in [0.1, 0.15) is 19.4 Å². The molecule has 0 aliphatic heterocycles. The lowest BCUT2D eigenvalue weighted by Crippen LogP contribution is -1.88. The highest BCUT2D eigenvalue weighted by molar-refractivity contribution is 6.08. The van der Waals surface area contributed by atoms with E-state index in [1.54, 1.807) is 6.07 Å². The zero-order valence-electron chi connectivity index (χ0n) is 6.17. The first-order valence-electron chi connectivity index (χ1n) is 3.39. The quantitative estimate of drug-likeness (QED) is 0.463.